The SMILES string of the molecule is COC(=O)c1cc(CNC(=O)c2ccc(Br)o2)ccc1OC. The Hall–Kier alpha value is -2.28. The Bertz CT molecular complexity index is 695. The molecule has 1 N–H and O–H groups in total. The summed E-state index contributed by atoms with van der Waals surface area (Å²) in [6, 6.07) is 8.22. The van der Waals surface area contributed by atoms with Crippen molar-refractivity contribution >= 4 is 27.8 Å². The molecule has 2 rings (SSSR count). The number of hydrogen-bond donors (Lipinski definition) is 1. The van der Waals surface area contributed by atoms with Crippen molar-refractivity contribution in [3.63, 3.8) is 0 Å². The number of carbonyl (C=O) groups excluding carboxylic acids is 2. The van der Waals surface area contributed by atoms with E-state index in [1.165, 1.54) is 14.2 Å². The van der Waals surface area contributed by atoms with Crippen LogP contribution in [0.3, 0.4) is 0 Å². The highest BCUT2D eigenvalue weighted by Crippen LogP contribution is 2.21. The minimum atomic E-state index is -0.500. The molecule has 1 heterocycles. The van der Waals surface area contributed by atoms with Gasteiger partial charge in [0.25, 0.3) is 5.91 Å². The lowest BCUT2D eigenvalue weighted by Crippen LogP contribution is -2.22. The first kappa shape index (κ1) is 16.1. The molecule has 0 bridgehead atoms. The molecule has 0 unspecified atom stereocenters. The molecule has 7 heteroatoms. The van der Waals surface area contributed by atoms with Gasteiger partial charge in [0, 0.05) is 6.54 Å². The van der Waals surface area contributed by atoms with Crippen molar-refractivity contribution in [2.45, 2.75) is 6.54 Å². The normalized spacial score (nSPS) is 10.1. The first-order valence-electron chi connectivity index (χ1n) is 6.34. The maximum absolute atomic E-state index is 11.9. The number of methoxy groups -OCH3 is 2. The highest BCUT2D eigenvalue weighted by molar-refractivity contribution is 9.10. The standard InChI is InChI=1S/C15H14BrNO5/c1-20-11-4-3-9(7-10(11)15(19)21-2)8-17-14(18)12-5-6-13(16)22-12/h3-7H,8H2,1-2H3,(H,17,18). The number of benzene rings is 1. The van der Waals surface area contributed by atoms with Gasteiger partial charge in [0.1, 0.15) is 11.3 Å². The van der Waals surface area contributed by atoms with Crippen LogP contribution >= 0.6 is 15.9 Å². The number of nitrogens with one attached hydrogen (secondary N) is 1. The van der Waals surface area contributed by atoms with E-state index in [9.17, 15) is 9.59 Å². The molecule has 1 aromatic heterocycles. The summed E-state index contributed by atoms with van der Waals surface area (Å²) < 4.78 is 15.5. The third-order valence-corrected chi connectivity index (χ3v) is 3.35. The number of furan rings is 1. The van der Waals surface area contributed by atoms with E-state index >= 15 is 0 Å². The van der Waals surface area contributed by atoms with E-state index in [2.05, 4.69) is 21.2 Å². The maximum atomic E-state index is 11.9. The summed E-state index contributed by atoms with van der Waals surface area (Å²) in [6.07, 6.45) is 0. The number of hydrogen-bond acceptors (Lipinski definition) is 5. The van der Waals surface area contributed by atoms with E-state index in [0.29, 0.717) is 16.0 Å². The molecule has 0 radical (unpaired) electrons. The summed E-state index contributed by atoms with van der Waals surface area (Å²) >= 11 is 3.13. The maximum Gasteiger partial charge on any atom is 0.341 e. The average Bonchev–Trinajstić information content (AvgIpc) is 2.98. The second-order valence-corrected chi connectivity index (χ2v) is 5.09. The first-order valence-corrected chi connectivity index (χ1v) is 7.13. The first-order chi connectivity index (χ1) is 10.5. The van der Waals surface area contributed by atoms with Gasteiger partial charge in [-0.3, -0.25) is 4.79 Å². The van der Waals surface area contributed by atoms with E-state index in [4.69, 9.17) is 13.9 Å². The van der Waals surface area contributed by atoms with E-state index < -0.39 is 5.97 Å². The smallest absolute Gasteiger partial charge is 0.341 e. The van der Waals surface area contributed by atoms with Crippen molar-refractivity contribution in [1.82, 2.24) is 5.32 Å². The molecule has 1 aromatic carbocycles. The summed E-state index contributed by atoms with van der Waals surface area (Å²) in [7, 11) is 2.77. The highest BCUT2D eigenvalue weighted by Gasteiger charge is 2.14. The largest absolute Gasteiger partial charge is 0.496 e. The van der Waals surface area contributed by atoms with Gasteiger partial charge in [-0.25, -0.2) is 4.79 Å². The molecular formula is C15H14BrNO5. The Balaban J connectivity index is 2.10. The van der Waals surface area contributed by atoms with Crippen LogP contribution in [0.2, 0.25) is 0 Å². The Morgan fingerprint density at radius 2 is 2.00 bits per heavy atom. The fourth-order valence-electron chi connectivity index (χ4n) is 1.84. The van der Waals surface area contributed by atoms with E-state index in [1.54, 1.807) is 30.3 Å². The summed E-state index contributed by atoms with van der Waals surface area (Å²) in [5.74, 6) is -0.230. The van der Waals surface area contributed by atoms with Gasteiger partial charge in [-0.1, -0.05) is 6.07 Å². The number of carbonyl (C=O) groups is 2. The average molecular weight is 368 g/mol. The minimum absolute atomic E-state index is 0.202. The van der Waals surface area contributed by atoms with E-state index in [-0.39, 0.29) is 18.2 Å². The van der Waals surface area contributed by atoms with Gasteiger partial charge >= 0.3 is 5.97 Å². The third kappa shape index (κ3) is 3.67. The molecule has 2 aromatic rings. The molecule has 0 saturated carbocycles. The van der Waals surface area contributed by atoms with Crippen LogP contribution in [0, 0.1) is 0 Å². The lowest BCUT2D eigenvalue weighted by atomic mass is 10.1. The second-order valence-electron chi connectivity index (χ2n) is 4.31. The predicted molar refractivity (Wildman–Crippen MR) is 81.9 cm³/mol. The molecule has 0 aliphatic heterocycles. The zero-order valence-corrected chi connectivity index (χ0v) is 13.6. The Labute approximate surface area is 135 Å². The molecule has 1 amide bonds. The zero-order chi connectivity index (χ0) is 16.1. The highest BCUT2D eigenvalue weighted by atomic mass is 79.9. The Morgan fingerprint density at radius 3 is 2.59 bits per heavy atom. The van der Waals surface area contributed by atoms with Crippen molar-refractivity contribution in [2.75, 3.05) is 14.2 Å². The predicted octanol–water partition coefficient (Wildman–Crippen LogP) is 2.77. The van der Waals surface area contributed by atoms with E-state index in [0.717, 1.165) is 5.56 Å². The Morgan fingerprint density at radius 1 is 1.23 bits per heavy atom. The van der Waals surface area contributed by atoms with Crippen LogP contribution in [0.15, 0.2) is 39.4 Å². The molecule has 0 fully saturated rings. The fourth-order valence-corrected chi connectivity index (χ4v) is 2.15. The van der Waals surface area contributed by atoms with Crippen molar-refractivity contribution in [3.8, 4) is 5.75 Å². The topological polar surface area (TPSA) is 77.8 Å². The summed E-state index contributed by atoms with van der Waals surface area (Å²) in [4.78, 5) is 23.6. The van der Waals surface area contributed by atoms with Gasteiger partial charge in [0.05, 0.1) is 14.2 Å². The van der Waals surface area contributed by atoms with Crippen LogP contribution in [-0.2, 0) is 11.3 Å². The fraction of sp³-hybridized carbons (Fsp3) is 0.200. The van der Waals surface area contributed by atoms with Gasteiger partial charge in [-0.2, -0.15) is 0 Å². The van der Waals surface area contributed by atoms with Gasteiger partial charge in [-0.15, -0.1) is 0 Å². The molecule has 0 aliphatic rings. The van der Waals surface area contributed by atoms with Crippen LogP contribution in [-0.4, -0.2) is 26.1 Å². The van der Waals surface area contributed by atoms with Crippen molar-refractivity contribution in [1.29, 1.82) is 0 Å². The molecular weight excluding hydrogens is 354 g/mol. The molecule has 0 saturated heterocycles. The van der Waals surface area contributed by atoms with Gasteiger partial charge in [0.2, 0.25) is 0 Å². The summed E-state index contributed by atoms with van der Waals surface area (Å²) in [6.45, 7) is 0.241. The quantitative estimate of drug-likeness (QED) is 0.822. The van der Waals surface area contributed by atoms with Gasteiger partial charge in [0.15, 0.2) is 10.4 Å². The second kappa shape index (κ2) is 7.13. The zero-order valence-electron chi connectivity index (χ0n) is 12.0. The van der Waals surface area contributed by atoms with Crippen LogP contribution < -0.4 is 10.1 Å². The van der Waals surface area contributed by atoms with Crippen molar-refractivity contribution < 1.29 is 23.5 Å². The third-order valence-electron chi connectivity index (χ3n) is 2.92. The van der Waals surface area contributed by atoms with Crippen LogP contribution in [0.5, 0.6) is 5.75 Å². The van der Waals surface area contributed by atoms with Crippen molar-refractivity contribution in [3.05, 3.63) is 51.9 Å². The van der Waals surface area contributed by atoms with Gasteiger partial charge in [-0.05, 0) is 45.8 Å². The molecule has 0 aliphatic carbocycles. The van der Waals surface area contributed by atoms with Crippen molar-refractivity contribution in [2.24, 2.45) is 0 Å². The molecule has 6 nitrogen and oxygen atoms in total. The minimum Gasteiger partial charge on any atom is -0.496 e. The molecule has 22 heavy (non-hydrogen) atoms. The van der Waals surface area contributed by atoms with Crippen LogP contribution in [0.4, 0.5) is 0 Å². The summed E-state index contributed by atoms with van der Waals surface area (Å²) in [5.41, 5.74) is 1.04. The van der Waals surface area contributed by atoms with Gasteiger partial charge < -0.3 is 19.2 Å². The monoisotopic (exact) mass is 367 g/mol. The Kier molecular flexibility index (Phi) is 5.21. The van der Waals surface area contributed by atoms with Crippen LogP contribution in [0.25, 0.3) is 0 Å². The number of amides is 1. The number of halogens is 1. The lowest BCUT2D eigenvalue weighted by Gasteiger charge is -2.09. The molecule has 0 atom stereocenters. The number of rotatable bonds is 5. The number of ether oxygens (including phenoxy) is 2. The number of esters is 1. The molecule has 0 spiro atoms. The lowest BCUT2D eigenvalue weighted by molar-refractivity contribution is 0.0597. The van der Waals surface area contributed by atoms with E-state index in [1.807, 2.05) is 0 Å². The molecule has 116 valence electrons. The van der Waals surface area contributed by atoms with Crippen LogP contribution in [0.1, 0.15) is 26.5 Å². The summed E-state index contributed by atoms with van der Waals surface area (Å²) in [5, 5.41) is 2.70.